The van der Waals surface area contributed by atoms with Gasteiger partial charge in [-0.25, -0.2) is 4.79 Å². The van der Waals surface area contributed by atoms with Gasteiger partial charge in [-0.2, -0.15) is 0 Å². The monoisotopic (exact) mass is 422 g/mol. The molecule has 31 heavy (non-hydrogen) atoms. The van der Waals surface area contributed by atoms with Crippen LogP contribution in [0.15, 0.2) is 46.5 Å². The van der Waals surface area contributed by atoms with Crippen LogP contribution < -0.4 is 5.32 Å². The number of amidine groups is 1. The van der Waals surface area contributed by atoms with Gasteiger partial charge in [0.25, 0.3) is 0 Å². The molecule has 1 aromatic carbocycles. The van der Waals surface area contributed by atoms with E-state index in [1.807, 2.05) is 13.0 Å². The molecular weight excluding hydrogens is 388 g/mol. The van der Waals surface area contributed by atoms with E-state index >= 15 is 0 Å². The smallest absolute Gasteiger partial charge is 0.339 e. The van der Waals surface area contributed by atoms with Crippen LogP contribution >= 0.6 is 0 Å². The molecule has 1 aliphatic carbocycles. The number of nitrogens with one attached hydrogen (secondary N) is 1. The van der Waals surface area contributed by atoms with Crippen molar-refractivity contribution in [2.24, 2.45) is 10.9 Å². The highest BCUT2D eigenvalue weighted by Crippen LogP contribution is 2.38. The Kier molecular flexibility index (Phi) is 7.85. The second-order valence-corrected chi connectivity index (χ2v) is 8.61. The van der Waals surface area contributed by atoms with Crippen LogP contribution in [-0.2, 0) is 11.2 Å². The predicted octanol–water partition coefficient (Wildman–Crippen LogP) is 5.33. The number of allylic oxidation sites excluding steroid dienone is 3. The Balaban J connectivity index is 2.01. The van der Waals surface area contributed by atoms with Crippen LogP contribution in [0.5, 0.6) is 0 Å². The number of rotatable bonds is 8. The van der Waals surface area contributed by atoms with Crippen molar-refractivity contribution in [3.05, 3.63) is 58.2 Å². The zero-order chi connectivity index (χ0) is 22.4. The Morgan fingerprint density at radius 1 is 1.32 bits per heavy atom. The van der Waals surface area contributed by atoms with Gasteiger partial charge in [0.05, 0.1) is 0 Å². The Hall–Kier alpha value is -2.66. The summed E-state index contributed by atoms with van der Waals surface area (Å²) in [5, 5.41) is 22.6. The number of hydrogen-bond acceptors (Lipinski definition) is 4. The molecule has 0 aromatic heterocycles. The first-order valence-electron chi connectivity index (χ1n) is 11.3. The SMILES string of the molecule is C/C=C\c1cc(NC2=NCCC=C(C3CC3)C=C2C(=O)O)cc(CCCO)c1C(C)C. The fourth-order valence-electron chi connectivity index (χ4n) is 4.20. The number of aliphatic hydroxyl groups is 1. The minimum atomic E-state index is -0.965. The van der Waals surface area contributed by atoms with E-state index in [2.05, 4.69) is 48.4 Å². The van der Waals surface area contributed by atoms with E-state index in [-0.39, 0.29) is 12.2 Å². The van der Waals surface area contributed by atoms with Crippen LogP contribution in [0.1, 0.15) is 69.1 Å². The van der Waals surface area contributed by atoms with Crippen molar-refractivity contribution in [3.63, 3.8) is 0 Å². The Bertz CT molecular complexity index is 934. The van der Waals surface area contributed by atoms with Crippen molar-refractivity contribution in [3.8, 4) is 0 Å². The zero-order valence-corrected chi connectivity index (χ0v) is 18.8. The van der Waals surface area contributed by atoms with Crippen molar-refractivity contribution in [2.75, 3.05) is 18.5 Å². The zero-order valence-electron chi connectivity index (χ0n) is 18.8. The van der Waals surface area contributed by atoms with Gasteiger partial charge in [-0.1, -0.05) is 32.1 Å². The molecule has 5 nitrogen and oxygen atoms in total. The van der Waals surface area contributed by atoms with Crippen molar-refractivity contribution in [1.29, 1.82) is 0 Å². The average molecular weight is 423 g/mol. The van der Waals surface area contributed by atoms with Crippen LogP contribution in [-0.4, -0.2) is 35.2 Å². The Morgan fingerprint density at radius 3 is 2.71 bits per heavy atom. The maximum absolute atomic E-state index is 12.1. The van der Waals surface area contributed by atoms with E-state index in [1.54, 1.807) is 6.08 Å². The van der Waals surface area contributed by atoms with E-state index in [1.165, 1.54) is 11.1 Å². The number of benzene rings is 1. The molecule has 1 saturated carbocycles. The number of hydrogen-bond donors (Lipinski definition) is 3. The predicted molar refractivity (Wildman–Crippen MR) is 128 cm³/mol. The highest BCUT2D eigenvalue weighted by Gasteiger charge is 2.27. The summed E-state index contributed by atoms with van der Waals surface area (Å²) in [6.07, 6.45) is 12.6. The van der Waals surface area contributed by atoms with Crippen LogP contribution in [0.25, 0.3) is 6.08 Å². The van der Waals surface area contributed by atoms with Crippen LogP contribution in [0, 0.1) is 5.92 Å². The quantitative estimate of drug-likeness (QED) is 0.529. The number of aliphatic hydroxyl groups excluding tert-OH is 1. The van der Waals surface area contributed by atoms with Crippen molar-refractivity contribution in [1.82, 2.24) is 0 Å². The van der Waals surface area contributed by atoms with Gasteiger partial charge in [-0.05, 0) is 91.3 Å². The number of carbonyl (C=O) groups is 1. The molecule has 0 radical (unpaired) electrons. The average Bonchev–Trinajstić information content (AvgIpc) is 3.53. The first kappa shape index (κ1) is 23.0. The molecule has 0 unspecified atom stereocenters. The van der Waals surface area contributed by atoms with Crippen molar-refractivity contribution >= 4 is 23.6 Å². The van der Waals surface area contributed by atoms with E-state index in [0.29, 0.717) is 30.6 Å². The number of aliphatic imine (C=N–C) groups is 1. The highest BCUT2D eigenvalue weighted by molar-refractivity contribution is 6.23. The minimum absolute atomic E-state index is 0.142. The molecule has 166 valence electrons. The fourth-order valence-corrected chi connectivity index (χ4v) is 4.20. The molecular formula is C26H34N2O3. The topological polar surface area (TPSA) is 81.9 Å². The van der Waals surface area contributed by atoms with Gasteiger partial charge in [0, 0.05) is 18.8 Å². The van der Waals surface area contributed by atoms with Gasteiger partial charge in [0.2, 0.25) is 0 Å². The second-order valence-electron chi connectivity index (χ2n) is 8.61. The third-order valence-electron chi connectivity index (χ3n) is 5.71. The third kappa shape index (κ3) is 5.95. The molecule has 0 bridgehead atoms. The molecule has 0 atom stereocenters. The van der Waals surface area contributed by atoms with Crippen molar-refractivity contribution < 1.29 is 15.0 Å². The number of anilines is 1. The standard InChI is InChI=1S/C26H34N2O3/c1-4-7-20-14-22(15-21(9-6-13-29)24(20)17(2)3)28-25-23(26(30)31)16-19(18-10-11-18)8-5-12-27-25/h4,7-8,14-18,29H,5-6,9-13H2,1-3H3,(H,27,28)(H,30,31)/b7-4-,19-8?,23-16?. The molecule has 1 fully saturated rings. The molecule has 1 aliphatic heterocycles. The Labute approximate surface area is 185 Å². The maximum atomic E-state index is 12.1. The first-order chi connectivity index (χ1) is 14.9. The summed E-state index contributed by atoms with van der Waals surface area (Å²) in [7, 11) is 0. The Morgan fingerprint density at radius 2 is 2.10 bits per heavy atom. The summed E-state index contributed by atoms with van der Waals surface area (Å²) in [4.78, 5) is 16.6. The molecule has 2 aliphatic rings. The fraction of sp³-hybridized carbons (Fsp3) is 0.462. The molecule has 5 heteroatoms. The normalized spacial score (nSPS) is 17.1. The first-order valence-corrected chi connectivity index (χ1v) is 11.3. The summed E-state index contributed by atoms with van der Waals surface area (Å²) in [6, 6.07) is 4.15. The number of carboxylic acid groups (broad SMARTS) is 1. The lowest BCUT2D eigenvalue weighted by atomic mass is 9.89. The number of carboxylic acids is 1. The van der Waals surface area contributed by atoms with E-state index in [4.69, 9.17) is 0 Å². The summed E-state index contributed by atoms with van der Waals surface area (Å²) in [6.45, 7) is 7.05. The van der Waals surface area contributed by atoms with Crippen LogP contribution in [0.2, 0.25) is 0 Å². The summed E-state index contributed by atoms with van der Waals surface area (Å²) in [5.74, 6) is 0.280. The van der Waals surface area contributed by atoms with E-state index in [0.717, 1.165) is 42.5 Å². The van der Waals surface area contributed by atoms with Gasteiger partial charge in [-0.15, -0.1) is 0 Å². The lowest BCUT2D eigenvalue weighted by Gasteiger charge is -2.20. The number of aliphatic carboxylic acids is 1. The molecule has 0 spiro atoms. The third-order valence-corrected chi connectivity index (χ3v) is 5.71. The molecule has 1 aromatic rings. The maximum Gasteiger partial charge on any atom is 0.339 e. The molecule has 3 rings (SSSR count). The minimum Gasteiger partial charge on any atom is -0.478 e. The number of nitrogens with zero attached hydrogens (tertiary/aromatic N) is 1. The molecule has 0 amide bonds. The van der Waals surface area contributed by atoms with E-state index < -0.39 is 5.97 Å². The second kappa shape index (κ2) is 10.6. The van der Waals surface area contributed by atoms with Crippen LogP contribution in [0.3, 0.4) is 0 Å². The molecule has 3 N–H and O–H groups in total. The summed E-state index contributed by atoms with van der Waals surface area (Å²) < 4.78 is 0. The molecule has 0 saturated heterocycles. The van der Waals surface area contributed by atoms with Crippen LogP contribution in [0.4, 0.5) is 5.69 Å². The largest absolute Gasteiger partial charge is 0.478 e. The highest BCUT2D eigenvalue weighted by atomic mass is 16.4. The van der Waals surface area contributed by atoms with Gasteiger partial charge in [0.1, 0.15) is 11.4 Å². The summed E-state index contributed by atoms with van der Waals surface area (Å²) >= 11 is 0. The number of aryl methyl sites for hydroxylation is 1. The van der Waals surface area contributed by atoms with Gasteiger partial charge >= 0.3 is 5.97 Å². The van der Waals surface area contributed by atoms with E-state index in [9.17, 15) is 15.0 Å². The van der Waals surface area contributed by atoms with Gasteiger partial charge < -0.3 is 15.5 Å². The van der Waals surface area contributed by atoms with Crippen molar-refractivity contribution in [2.45, 2.75) is 58.8 Å². The molecule has 1 heterocycles. The van der Waals surface area contributed by atoms with Gasteiger partial charge in [0.15, 0.2) is 0 Å². The summed E-state index contributed by atoms with van der Waals surface area (Å²) in [5.41, 5.74) is 5.73. The van der Waals surface area contributed by atoms with Gasteiger partial charge in [-0.3, -0.25) is 4.99 Å². The lowest BCUT2D eigenvalue weighted by molar-refractivity contribution is -0.132. The lowest BCUT2D eigenvalue weighted by Crippen LogP contribution is -2.23.